The Hall–Kier alpha value is -3.45. The highest BCUT2D eigenvalue weighted by molar-refractivity contribution is 6.46. The van der Waals surface area contributed by atoms with Crippen molar-refractivity contribution in [3.05, 3.63) is 78.1 Å². The zero-order chi connectivity index (χ0) is 21.7. The highest BCUT2D eigenvalue weighted by atomic mass is 16.5. The minimum absolute atomic E-state index is 0.0738. The molecule has 0 spiro atoms. The van der Waals surface area contributed by atoms with Crippen LogP contribution in [-0.4, -0.2) is 65.4 Å². The summed E-state index contributed by atoms with van der Waals surface area (Å²) in [7, 11) is 3.79. The number of nitrogens with zero attached hydrogens (tertiary/aromatic N) is 3. The van der Waals surface area contributed by atoms with Crippen molar-refractivity contribution >= 4 is 17.4 Å². The molecule has 156 valence electrons. The molecule has 2 heterocycles. The molecule has 30 heavy (non-hydrogen) atoms. The smallest absolute Gasteiger partial charge is 0.295 e. The number of hydrogen-bond donors (Lipinski definition) is 1. The summed E-state index contributed by atoms with van der Waals surface area (Å²) in [6.45, 7) is 4.94. The number of hydrogen-bond acceptors (Lipinski definition) is 6. The van der Waals surface area contributed by atoms with Gasteiger partial charge in [0.25, 0.3) is 11.7 Å². The highest BCUT2D eigenvalue weighted by Crippen LogP contribution is 2.39. The molecule has 1 aromatic heterocycles. The van der Waals surface area contributed by atoms with Crippen LogP contribution >= 0.6 is 0 Å². The van der Waals surface area contributed by atoms with Crippen molar-refractivity contribution in [1.29, 1.82) is 0 Å². The first-order valence-corrected chi connectivity index (χ1v) is 9.61. The van der Waals surface area contributed by atoms with E-state index in [1.54, 1.807) is 42.5 Å². The van der Waals surface area contributed by atoms with Crippen LogP contribution in [0, 0.1) is 0 Å². The van der Waals surface area contributed by atoms with Crippen LogP contribution in [0.25, 0.3) is 5.76 Å². The molecule has 1 atom stereocenters. The molecule has 7 nitrogen and oxygen atoms in total. The number of aromatic nitrogens is 1. The van der Waals surface area contributed by atoms with Crippen LogP contribution in [0.3, 0.4) is 0 Å². The molecular weight excluding hydrogens is 382 g/mol. The maximum atomic E-state index is 12.9. The minimum Gasteiger partial charge on any atom is -0.507 e. The molecule has 0 radical (unpaired) electrons. The maximum absolute atomic E-state index is 12.9. The summed E-state index contributed by atoms with van der Waals surface area (Å²) in [5.41, 5.74) is 1.23. The fourth-order valence-electron chi connectivity index (χ4n) is 3.33. The molecule has 1 fully saturated rings. The van der Waals surface area contributed by atoms with E-state index in [4.69, 9.17) is 4.74 Å². The van der Waals surface area contributed by atoms with Crippen LogP contribution in [0.1, 0.15) is 17.2 Å². The van der Waals surface area contributed by atoms with Crippen molar-refractivity contribution in [2.75, 3.05) is 33.8 Å². The second-order valence-electron chi connectivity index (χ2n) is 7.20. The number of ether oxygens (including phenoxy) is 1. The lowest BCUT2D eigenvalue weighted by molar-refractivity contribution is -0.140. The maximum Gasteiger partial charge on any atom is 0.295 e. The van der Waals surface area contributed by atoms with Crippen LogP contribution in [0.5, 0.6) is 5.75 Å². The monoisotopic (exact) mass is 407 g/mol. The molecule has 1 N–H and O–H groups in total. The largest absolute Gasteiger partial charge is 0.507 e. The summed E-state index contributed by atoms with van der Waals surface area (Å²) in [6, 6.07) is 9.67. The van der Waals surface area contributed by atoms with Crippen LogP contribution in [0.4, 0.5) is 0 Å². The van der Waals surface area contributed by atoms with E-state index in [2.05, 4.69) is 11.6 Å². The third kappa shape index (κ3) is 4.41. The molecule has 0 bridgehead atoms. The standard InChI is InChI=1S/C23H25N3O4/c1-4-15-30-18-7-5-16(6-8-18)20-19(21(27)17-9-11-24-12-10-17)22(28)23(29)26(20)14-13-25(2)3/h4-12,20,27H,1,13-15H2,2-3H3/b21-19+. The molecule has 1 amide bonds. The predicted octanol–water partition coefficient (Wildman–Crippen LogP) is 2.63. The van der Waals surface area contributed by atoms with Gasteiger partial charge >= 0.3 is 0 Å². The number of likely N-dealkylation sites (tertiary alicyclic amines) is 1. The first-order chi connectivity index (χ1) is 14.4. The van der Waals surface area contributed by atoms with Gasteiger partial charge in [-0.25, -0.2) is 0 Å². The predicted molar refractivity (Wildman–Crippen MR) is 114 cm³/mol. The normalized spacial score (nSPS) is 18.1. The molecule has 0 saturated carbocycles. The lowest BCUT2D eigenvalue weighted by Crippen LogP contribution is -2.35. The summed E-state index contributed by atoms with van der Waals surface area (Å²) in [5, 5.41) is 10.9. The zero-order valence-electron chi connectivity index (χ0n) is 17.1. The van der Waals surface area contributed by atoms with Crippen molar-refractivity contribution in [2.24, 2.45) is 0 Å². The van der Waals surface area contributed by atoms with E-state index in [9.17, 15) is 14.7 Å². The summed E-state index contributed by atoms with van der Waals surface area (Å²) in [4.78, 5) is 33.1. The summed E-state index contributed by atoms with van der Waals surface area (Å²) in [6.07, 6.45) is 4.70. The number of rotatable bonds is 8. The van der Waals surface area contributed by atoms with E-state index in [-0.39, 0.29) is 11.3 Å². The van der Waals surface area contributed by atoms with Gasteiger partial charge < -0.3 is 19.6 Å². The average Bonchev–Trinajstić information content (AvgIpc) is 3.01. The van der Waals surface area contributed by atoms with E-state index in [0.717, 1.165) is 5.56 Å². The Morgan fingerprint density at radius 1 is 1.20 bits per heavy atom. The SMILES string of the molecule is C=CCOc1ccc(C2/C(=C(\O)c3ccncc3)C(=O)C(=O)N2CCN(C)C)cc1. The summed E-state index contributed by atoms with van der Waals surface area (Å²) < 4.78 is 5.52. The Labute approximate surface area is 175 Å². The van der Waals surface area contributed by atoms with Crippen LogP contribution in [0.2, 0.25) is 0 Å². The second kappa shape index (κ2) is 9.37. The van der Waals surface area contributed by atoms with Gasteiger partial charge in [0.1, 0.15) is 18.1 Å². The fourth-order valence-corrected chi connectivity index (χ4v) is 3.33. The molecule has 1 aromatic carbocycles. The number of benzene rings is 1. The summed E-state index contributed by atoms with van der Waals surface area (Å²) >= 11 is 0. The first-order valence-electron chi connectivity index (χ1n) is 9.61. The van der Waals surface area contributed by atoms with E-state index >= 15 is 0 Å². The van der Waals surface area contributed by atoms with Gasteiger partial charge in [0, 0.05) is 31.0 Å². The lowest BCUT2D eigenvalue weighted by Gasteiger charge is -2.26. The van der Waals surface area contributed by atoms with E-state index in [0.29, 0.717) is 31.0 Å². The number of Topliss-reactive ketones (excluding diaryl/α,β-unsaturated/α-hetero) is 1. The molecular formula is C23H25N3O4. The molecule has 0 aliphatic carbocycles. The van der Waals surface area contributed by atoms with E-state index in [1.807, 2.05) is 19.0 Å². The second-order valence-corrected chi connectivity index (χ2v) is 7.20. The molecule has 7 heteroatoms. The molecule has 3 rings (SSSR count). The molecule has 2 aromatic rings. The van der Waals surface area contributed by atoms with Crippen LogP contribution in [-0.2, 0) is 9.59 Å². The third-order valence-corrected chi connectivity index (χ3v) is 4.85. The number of likely N-dealkylation sites (N-methyl/N-ethyl adjacent to an activating group) is 1. The van der Waals surface area contributed by atoms with Crippen molar-refractivity contribution in [1.82, 2.24) is 14.8 Å². The van der Waals surface area contributed by atoms with Crippen molar-refractivity contribution in [3.8, 4) is 5.75 Å². The topological polar surface area (TPSA) is 83.0 Å². The Balaban J connectivity index is 2.06. The van der Waals surface area contributed by atoms with E-state index in [1.165, 1.54) is 17.3 Å². The van der Waals surface area contributed by atoms with Crippen LogP contribution in [0.15, 0.2) is 67.0 Å². The van der Waals surface area contributed by atoms with Crippen molar-refractivity contribution < 1.29 is 19.4 Å². The van der Waals surface area contributed by atoms with Crippen molar-refractivity contribution in [3.63, 3.8) is 0 Å². The van der Waals surface area contributed by atoms with E-state index < -0.39 is 17.7 Å². The Morgan fingerprint density at radius 2 is 1.87 bits per heavy atom. The quantitative estimate of drug-likeness (QED) is 0.314. The van der Waals surface area contributed by atoms with Crippen molar-refractivity contribution in [2.45, 2.75) is 6.04 Å². The molecule has 1 unspecified atom stereocenters. The van der Waals surface area contributed by atoms with Gasteiger partial charge in [-0.05, 0) is 43.9 Å². The Kier molecular flexibility index (Phi) is 6.64. The number of aliphatic hydroxyl groups is 1. The van der Waals surface area contributed by atoms with Gasteiger partial charge in [-0.3, -0.25) is 14.6 Å². The number of aliphatic hydroxyl groups excluding tert-OH is 1. The van der Waals surface area contributed by atoms with Crippen LogP contribution < -0.4 is 4.74 Å². The van der Waals surface area contributed by atoms with Gasteiger partial charge in [0.2, 0.25) is 0 Å². The fraction of sp³-hybridized carbons (Fsp3) is 0.261. The molecule has 1 aliphatic heterocycles. The number of pyridine rings is 1. The third-order valence-electron chi connectivity index (χ3n) is 4.85. The number of amides is 1. The highest BCUT2D eigenvalue weighted by Gasteiger charge is 2.45. The Bertz CT molecular complexity index is 952. The molecule has 1 aliphatic rings. The number of carbonyl (C=O) groups excluding carboxylic acids is 2. The van der Waals surface area contributed by atoms with Gasteiger partial charge in [-0.2, -0.15) is 0 Å². The number of carbonyl (C=O) groups is 2. The minimum atomic E-state index is -0.694. The van der Waals surface area contributed by atoms with Gasteiger partial charge in [0.15, 0.2) is 0 Å². The van der Waals surface area contributed by atoms with Gasteiger partial charge in [-0.1, -0.05) is 24.8 Å². The number of ketones is 1. The van der Waals surface area contributed by atoms with Gasteiger partial charge in [-0.15, -0.1) is 0 Å². The Morgan fingerprint density at radius 3 is 2.47 bits per heavy atom. The molecule has 1 saturated heterocycles. The zero-order valence-corrected chi connectivity index (χ0v) is 17.1. The van der Waals surface area contributed by atoms with Gasteiger partial charge in [0.05, 0.1) is 11.6 Å². The summed E-state index contributed by atoms with van der Waals surface area (Å²) in [5.74, 6) is -0.873. The average molecular weight is 407 g/mol. The first kappa shape index (κ1) is 21.3. The lowest BCUT2D eigenvalue weighted by atomic mass is 9.95.